The van der Waals surface area contributed by atoms with Gasteiger partial charge in [0.15, 0.2) is 0 Å². The van der Waals surface area contributed by atoms with Gasteiger partial charge in [0.25, 0.3) is 10.0 Å². The van der Waals surface area contributed by atoms with E-state index in [9.17, 15) is 21.6 Å². The van der Waals surface area contributed by atoms with E-state index in [0.29, 0.717) is 11.3 Å². The van der Waals surface area contributed by atoms with Gasteiger partial charge in [-0.25, -0.2) is 8.42 Å². The van der Waals surface area contributed by atoms with Crippen molar-refractivity contribution in [2.75, 3.05) is 22.7 Å². The highest BCUT2D eigenvalue weighted by Gasteiger charge is 2.37. The quantitative estimate of drug-likeness (QED) is 0.766. The highest BCUT2D eigenvalue weighted by atomic mass is 32.2. The molecular weight excluding hydrogens is 389 g/mol. The van der Waals surface area contributed by atoms with Gasteiger partial charge in [0.1, 0.15) is 0 Å². The van der Waals surface area contributed by atoms with E-state index in [-0.39, 0.29) is 0 Å². The number of halogens is 3. The molecule has 1 N–H and O–H groups in total. The number of nitrogens with zero attached hydrogens (tertiary/aromatic N) is 1. The van der Waals surface area contributed by atoms with Crippen molar-refractivity contribution < 1.29 is 21.6 Å². The number of benzene rings is 2. The fraction of sp³-hybridized carbons (Fsp3) is 0.400. The van der Waals surface area contributed by atoms with Crippen LogP contribution < -0.4 is 9.62 Å². The van der Waals surface area contributed by atoms with Crippen LogP contribution in [0.2, 0.25) is 0 Å². The standard InChI is InChI=1S/C20H23F3N2O2S/c1-13-12-14(2)19(25-10-6-7-11-25)15(3)18(13)24-28(26,27)17-9-5-4-8-16(17)20(21,22)23/h4-5,8-9,12,24H,6-7,10-11H2,1-3H3. The van der Waals surface area contributed by atoms with Gasteiger partial charge in [0, 0.05) is 18.8 Å². The highest BCUT2D eigenvalue weighted by Crippen LogP contribution is 2.38. The lowest BCUT2D eigenvalue weighted by Gasteiger charge is -2.26. The van der Waals surface area contributed by atoms with Crippen LogP contribution in [0.3, 0.4) is 0 Å². The number of alkyl halides is 3. The second-order valence-electron chi connectivity index (χ2n) is 7.15. The summed E-state index contributed by atoms with van der Waals surface area (Å²) >= 11 is 0. The third-order valence-electron chi connectivity index (χ3n) is 5.07. The first-order chi connectivity index (χ1) is 13.0. The third kappa shape index (κ3) is 3.83. The fourth-order valence-corrected chi connectivity index (χ4v) is 5.31. The number of rotatable bonds is 4. The maximum Gasteiger partial charge on any atom is 0.417 e. The normalized spacial score (nSPS) is 15.1. The molecule has 1 aliphatic rings. The summed E-state index contributed by atoms with van der Waals surface area (Å²) in [7, 11) is -4.41. The van der Waals surface area contributed by atoms with Crippen molar-refractivity contribution in [2.24, 2.45) is 0 Å². The Kier molecular flexibility index (Phi) is 5.36. The molecule has 0 aliphatic carbocycles. The molecule has 0 unspecified atom stereocenters. The maximum atomic E-state index is 13.3. The molecule has 2 aromatic carbocycles. The van der Waals surface area contributed by atoms with Gasteiger partial charge >= 0.3 is 6.18 Å². The molecule has 2 aromatic rings. The second-order valence-corrected chi connectivity index (χ2v) is 8.80. The first-order valence-electron chi connectivity index (χ1n) is 9.07. The lowest BCUT2D eigenvalue weighted by atomic mass is 10.0. The van der Waals surface area contributed by atoms with Crippen molar-refractivity contribution in [3.05, 3.63) is 52.6 Å². The van der Waals surface area contributed by atoms with Crippen molar-refractivity contribution in [1.29, 1.82) is 0 Å². The molecule has 1 fully saturated rings. The van der Waals surface area contributed by atoms with E-state index in [1.807, 2.05) is 13.0 Å². The second kappa shape index (κ2) is 7.31. The topological polar surface area (TPSA) is 49.4 Å². The number of aryl methyl sites for hydroxylation is 2. The van der Waals surface area contributed by atoms with Crippen LogP contribution in [0.25, 0.3) is 0 Å². The monoisotopic (exact) mass is 412 g/mol. The molecule has 1 heterocycles. The minimum atomic E-state index is -4.76. The minimum Gasteiger partial charge on any atom is -0.371 e. The van der Waals surface area contributed by atoms with Crippen LogP contribution >= 0.6 is 0 Å². The summed E-state index contributed by atoms with van der Waals surface area (Å²) in [6.07, 6.45) is -2.64. The van der Waals surface area contributed by atoms with E-state index < -0.39 is 26.7 Å². The fourth-order valence-electron chi connectivity index (χ4n) is 3.88. The van der Waals surface area contributed by atoms with E-state index in [2.05, 4.69) is 9.62 Å². The first kappa shape index (κ1) is 20.5. The summed E-state index contributed by atoms with van der Waals surface area (Å²) in [5.74, 6) is 0. The molecule has 1 saturated heterocycles. The van der Waals surface area contributed by atoms with Crippen molar-refractivity contribution in [2.45, 2.75) is 44.7 Å². The zero-order valence-corrected chi connectivity index (χ0v) is 16.8. The summed E-state index contributed by atoms with van der Waals surface area (Å²) in [5, 5.41) is 0. The van der Waals surface area contributed by atoms with Crippen LogP contribution in [0.15, 0.2) is 35.2 Å². The molecule has 0 spiro atoms. The third-order valence-corrected chi connectivity index (χ3v) is 6.48. The van der Waals surface area contributed by atoms with E-state index >= 15 is 0 Å². The molecule has 0 bridgehead atoms. The zero-order valence-electron chi connectivity index (χ0n) is 16.0. The number of sulfonamides is 1. The minimum absolute atomic E-state index is 0.337. The van der Waals surface area contributed by atoms with Gasteiger partial charge in [-0.2, -0.15) is 13.2 Å². The van der Waals surface area contributed by atoms with E-state index in [1.165, 1.54) is 12.1 Å². The Balaban J connectivity index is 2.08. The Morgan fingerprint density at radius 1 is 1.00 bits per heavy atom. The summed E-state index contributed by atoms with van der Waals surface area (Å²) in [5.41, 5.74) is 2.54. The van der Waals surface area contributed by atoms with Crippen molar-refractivity contribution in [3.63, 3.8) is 0 Å². The van der Waals surface area contributed by atoms with Gasteiger partial charge in [-0.3, -0.25) is 4.72 Å². The molecular formula is C20H23F3N2O2S. The first-order valence-corrected chi connectivity index (χ1v) is 10.6. The van der Waals surface area contributed by atoms with E-state index in [4.69, 9.17) is 0 Å². The van der Waals surface area contributed by atoms with Gasteiger partial charge < -0.3 is 4.90 Å². The largest absolute Gasteiger partial charge is 0.417 e. The smallest absolute Gasteiger partial charge is 0.371 e. The SMILES string of the molecule is Cc1cc(C)c(N2CCCC2)c(C)c1NS(=O)(=O)c1ccccc1C(F)(F)F. The number of hydrogen-bond donors (Lipinski definition) is 1. The van der Waals surface area contributed by atoms with Crippen LogP contribution in [0, 0.1) is 20.8 Å². The summed E-state index contributed by atoms with van der Waals surface area (Å²) in [4.78, 5) is 1.43. The van der Waals surface area contributed by atoms with Gasteiger partial charge in [-0.1, -0.05) is 18.2 Å². The Bertz CT molecular complexity index is 995. The predicted octanol–water partition coefficient (Wildman–Crippen LogP) is 5.03. The summed E-state index contributed by atoms with van der Waals surface area (Å²) in [6.45, 7) is 7.29. The molecule has 0 atom stereocenters. The van der Waals surface area contributed by atoms with Gasteiger partial charge in [0.2, 0.25) is 0 Å². The lowest BCUT2D eigenvalue weighted by molar-refractivity contribution is -0.139. The Morgan fingerprint density at radius 3 is 2.21 bits per heavy atom. The molecule has 0 aromatic heterocycles. The zero-order chi connectivity index (χ0) is 20.7. The van der Waals surface area contributed by atoms with Crippen LogP contribution in [0.4, 0.5) is 24.5 Å². The molecule has 152 valence electrons. The Hall–Kier alpha value is -2.22. The average molecular weight is 412 g/mol. The molecule has 0 amide bonds. The lowest BCUT2D eigenvalue weighted by Crippen LogP contribution is -2.23. The van der Waals surface area contributed by atoms with Crippen LogP contribution in [0.1, 0.15) is 35.1 Å². The van der Waals surface area contributed by atoms with Crippen molar-refractivity contribution in [1.82, 2.24) is 0 Å². The van der Waals surface area contributed by atoms with Crippen LogP contribution in [0.5, 0.6) is 0 Å². The van der Waals surface area contributed by atoms with Crippen LogP contribution in [-0.4, -0.2) is 21.5 Å². The molecule has 28 heavy (non-hydrogen) atoms. The number of hydrogen-bond acceptors (Lipinski definition) is 3. The summed E-state index contributed by atoms with van der Waals surface area (Å²) in [6, 6.07) is 6.09. The van der Waals surface area contributed by atoms with E-state index in [0.717, 1.165) is 54.9 Å². The van der Waals surface area contributed by atoms with Gasteiger partial charge in [-0.05, 0) is 62.4 Å². The molecule has 3 rings (SSSR count). The molecule has 8 heteroatoms. The summed E-state index contributed by atoms with van der Waals surface area (Å²) < 4.78 is 68.0. The van der Waals surface area contributed by atoms with Gasteiger partial charge in [0.05, 0.1) is 16.1 Å². The highest BCUT2D eigenvalue weighted by molar-refractivity contribution is 7.92. The van der Waals surface area contributed by atoms with Crippen molar-refractivity contribution in [3.8, 4) is 0 Å². The molecule has 0 radical (unpaired) electrons. The van der Waals surface area contributed by atoms with Gasteiger partial charge in [-0.15, -0.1) is 0 Å². The molecule has 4 nitrogen and oxygen atoms in total. The predicted molar refractivity (Wildman–Crippen MR) is 104 cm³/mol. The number of nitrogens with one attached hydrogen (secondary N) is 1. The van der Waals surface area contributed by atoms with E-state index in [1.54, 1.807) is 13.8 Å². The number of anilines is 2. The molecule has 0 saturated carbocycles. The Labute approximate surface area is 163 Å². The van der Waals surface area contributed by atoms with Crippen LogP contribution in [-0.2, 0) is 16.2 Å². The van der Waals surface area contributed by atoms with Crippen molar-refractivity contribution >= 4 is 21.4 Å². The Morgan fingerprint density at radius 2 is 1.61 bits per heavy atom. The average Bonchev–Trinajstić information content (AvgIpc) is 3.12. The molecule has 1 aliphatic heterocycles. The maximum absolute atomic E-state index is 13.3.